The number of aryl methyl sites for hydroxylation is 1. The fourth-order valence-electron chi connectivity index (χ4n) is 3.28. The molecule has 3 heterocycles. The Labute approximate surface area is 142 Å². The van der Waals surface area contributed by atoms with Crippen molar-refractivity contribution in [3.05, 3.63) is 53.1 Å². The predicted octanol–water partition coefficient (Wildman–Crippen LogP) is 2.00. The van der Waals surface area contributed by atoms with E-state index in [0.717, 1.165) is 5.69 Å². The van der Waals surface area contributed by atoms with Crippen molar-refractivity contribution < 1.29 is 5.11 Å². The minimum absolute atomic E-state index is 0.0178. The van der Waals surface area contributed by atoms with E-state index in [0.29, 0.717) is 11.7 Å². The second kappa shape index (κ2) is 6.29. The predicted molar refractivity (Wildman–Crippen MR) is 94.1 cm³/mol. The Hall–Kier alpha value is -1.92. The van der Waals surface area contributed by atoms with Gasteiger partial charge in [-0.25, -0.2) is 0 Å². The van der Waals surface area contributed by atoms with E-state index in [1.165, 1.54) is 17.0 Å². The number of β-amino-alcohol motifs (C(OH)–C–C–N with tert-alkyl or cyclic N) is 1. The molecule has 1 aliphatic heterocycles. The molecule has 1 aliphatic rings. The number of nitrogens with one attached hydrogen (secondary N) is 1. The Morgan fingerprint density at radius 3 is 2.70 bits per heavy atom. The van der Waals surface area contributed by atoms with Crippen LogP contribution >= 0.6 is 12.2 Å². The molecular formula is C17H22N4OS. The highest BCUT2D eigenvalue weighted by molar-refractivity contribution is 7.80. The largest absolute Gasteiger partial charge is 0.395 e. The summed E-state index contributed by atoms with van der Waals surface area (Å²) in [5.41, 5.74) is 4.60. The van der Waals surface area contributed by atoms with Crippen LogP contribution in [0.15, 0.2) is 30.5 Å². The topological polar surface area (TPSA) is 53.3 Å². The van der Waals surface area contributed by atoms with Crippen LogP contribution in [0.1, 0.15) is 34.7 Å². The summed E-state index contributed by atoms with van der Waals surface area (Å²) in [6.45, 7) is 4.80. The summed E-state index contributed by atoms with van der Waals surface area (Å²) in [6.07, 6.45) is 1.80. The van der Waals surface area contributed by atoms with Crippen LogP contribution in [0.5, 0.6) is 0 Å². The average Bonchev–Trinajstić information content (AvgIpc) is 3.01. The van der Waals surface area contributed by atoms with Gasteiger partial charge in [0.05, 0.1) is 24.4 Å². The lowest BCUT2D eigenvalue weighted by Gasteiger charge is -2.27. The molecule has 1 fully saturated rings. The van der Waals surface area contributed by atoms with Crippen LogP contribution in [-0.4, -0.2) is 37.8 Å². The number of aliphatic hydroxyl groups is 1. The lowest BCUT2D eigenvalue weighted by atomic mass is 9.97. The Bertz CT molecular complexity index is 713. The fraction of sp³-hybridized carbons (Fsp3) is 0.412. The highest BCUT2D eigenvalue weighted by atomic mass is 32.1. The highest BCUT2D eigenvalue weighted by Gasteiger charge is 2.40. The van der Waals surface area contributed by atoms with Crippen LogP contribution in [-0.2, 0) is 7.05 Å². The summed E-state index contributed by atoms with van der Waals surface area (Å²) >= 11 is 5.51. The van der Waals surface area contributed by atoms with Crippen molar-refractivity contribution >= 4 is 17.3 Å². The summed E-state index contributed by atoms with van der Waals surface area (Å²) < 4.78 is 2.18. The van der Waals surface area contributed by atoms with E-state index in [1.807, 2.05) is 18.2 Å². The molecule has 0 saturated carbocycles. The lowest BCUT2D eigenvalue weighted by Crippen LogP contribution is -2.32. The summed E-state index contributed by atoms with van der Waals surface area (Å²) in [5, 5.41) is 13.5. The van der Waals surface area contributed by atoms with Gasteiger partial charge in [0, 0.05) is 31.2 Å². The SMILES string of the molecule is Cc1cc([C@@H]2[C@@H](c3ccccn3)NC(=S)N2CCO)c(C)n1C. The lowest BCUT2D eigenvalue weighted by molar-refractivity contribution is 0.223. The molecule has 0 aliphatic carbocycles. The molecule has 122 valence electrons. The van der Waals surface area contributed by atoms with Crippen molar-refractivity contribution in [2.75, 3.05) is 13.2 Å². The molecule has 1 saturated heterocycles. The number of pyridine rings is 1. The van der Waals surface area contributed by atoms with E-state index in [9.17, 15) is 5.11 Å². The third kappa shape index (κ3) is 2.72. The molecule has 23 heavy (non-hydrogen) atoms. The molecule has 0 aromatic carbocycles. The molecule has 2 atom stereocenters. The fourth-order valence-corrected chi connectivity index (χ4v) is 3.61. The molecular weight excluding hydrogens is 308 g/mol. The smallest absolute Gasteiger partial charge is 0.170 e. The molecule has 0 amide bonds. The van der Waals surface area contributed by atoms with Gasteiger partial charge in [-0.1, -0.05) is 6.07 Å². The van der Waals surface area contributed by atoms with E-state index in [2.05, 4.69) is 46.7 Å². The van der Waals surface area contributed by atoms with Gasteiger partial charge in [-0.2, -0.15) is 0 Å². The Morgan fingerprint density at radius 1 is 1.35 bits per heavy atom. The van der Waals surface area contributed by atoms with Crippen molar-refractivity contribution in [1.29, 1.82) is 0 Å². The zero-order valence-corrected chi connectivity index (χ0v) is 14.5. The normalized spacial score (nSPS) is 20.9. The minimum Gasteiger partial charge on any atom is -0.395 e. The first-order chi connectivity index (χ1) is 11.0. The van der Waals surface area contributed by atoms with Gasteiger partial charge in [0.25, 0.3) is 0 Å². The van der Waals surface area contributed by atoms with Crippen LogP contribution in [0.25, 0.3) is 0 Å². The molecule has 0 bridgehead atoms. The monoisotopic (exact) mass is 330 g/mol. The first-order valence-electron chi connectivity index (χ1n) is 7.76. The maximum absolute atomic E-state index is 9.45. The maximum Gasteiger partial charge on any atom is 0.170 e. The van der Waals surface area contributed by atoms with Crippen LogP contribution < -0.4 is 5.32 Å². The molecule has 2 aromatic heterocycles. The van der Waals surface area contributed by atoms with Gasteiger partial charge in [0.2, 0.25) is 0 Å². The summed E-state index contributed by atoms with van der Waals surface area (Å²) in [7, 11) is 2.07. The highest BCUT2D eigenvalue weighted by Crippen LogP contribution is 2.40. The van der Waals surface area contributed by atoms with Gasteiger partial charge in [0.1, 0.15) is 0 Å². The number of rotatable bonds is 4. The van der Waals surface area contributed by atoms with Crippen molar-refractivity contribution in [3.8, 4) is 0 Å². The van der Waals surface area contributed by atoms with E-state index in [-0.39, 0.29) is 18.7 Å². The summed E-state index contributed by atoms with van der Waals surface area (Å²) in [4.78, 5) is 6.57. The van der Waals surface area contributed by atoms with Gasteiger partial charge < -0.3 is 19.9 Å². The molecule has 2 aromatic rings. The number of aliphatic hydroxyl groups excluding tert-OH is 1. The third-order valence-corrected chi connectivity index (χ3v) is 5.02. The minimum atomic E-state index is -0.0178. The molecule has 2 N–H and O–H groups in total. The Balaban J connectivity index is 2.09. The van der Waals surface area contributed by atoms with Crippen LogP contribution in [0, 0.1) is 13.8 Å². The summed E-state index contributed by atoms with van der Waals surface area (Å²) in [6, 6.07) is 8.13. The first kappa shape index (κ1) is 16.0. The van der Waals surface area contributed by atoms with E-state index in [4.69, 9.17) is 12.2 Å². The van der Waals surface area contributed by atoms with Crippen molar-refractivity contribution in [2.45, 2.75) is 25.9 Å². The second-order valence-electron chi connectivity index (χ2n) is 5.93. The molecule has 0 spiro atoms. The van der Waals surface area contributed by atoms with Crippen molar-refractivity contribution in [1.82, 2.24) is 19.8 Å². The third-order valence-electron chi connectivity index (χ3n) is 4.67. The number of hydrogen-bond acceptors (Lipinski definition) is 3. The van der Waals surface area contributed by atoms with Crippen LogP contribution in [0.2, 0.25) is 0 Å². The second-order valence-corrected chi connectivity index (χ2v) is 6.32. The zero-order chi connectivity index (χ0) is 16.6. The van der Waals surface area contributed by atoms with Crippen LogP contribution in [0.3, 0.4) is 0 Å². The van der Waals surface area contributed by atoms with Gasteiger partial charge in [-0.3, -0.25) is 4.98 Å². The standard InChI is InChI=1S/C17H22N4OS/c1-11-10-13(12(2)20(11)3)16-15(14-6-4-5-7-18-14)19-17(23)21(16)8-9-22/h4-7,10,15-16,22H,8-9H2,1-3H3,(H,19,23)/t15-,16-/m1/s1. The Kier molecular flexibility index (Phi) is 4.37. The number of nitrogens with zero attached hydrogens (tertiary/aromatic N) is 3. The van der Waals surface area contributed by atoms with E-state index < -0.39 is 0 Å². The average molecular weight is 330 g/mol. The van der Waals surface area contributed by atoms with Crippen molar-refractivity contribution in [2.24, 2.45) is 7.05 Å². The molecule has 5 nitrogen and oxygen atoms in total. The number of hydrogen-bond donors (Lipinski definition) is 2. The molecule has 0 unspecified atom stereocenters. The quantitative estimate of drug-likeness (QED) is 0.840. The summed E-state index contributed by atoms with van der Waals surface area (Å²) in [5.74, 6) is 0. The van der Waals surface area contributed by atoms with E-state index >= 15 is 0 Å². The van der Waals surface area contributed by atoms with Gasteiger partial charge in [0.15, 0.2) is 5.11 Å². The van der Waals surface area contributed by atoms with Gasteiger partial charge in [-0.05, 0) is 49.8 Å². The van der Waals surface area contributed by atoms with Gasteiger partial charge >= 0.3 is 0 Å². The number of thiocarbonyl (C=S) groups is 1. The molecule has 0 radical (unpaired) electrons. The molecule has 3 rings (SSSR count). The van der Waals surface area contributed by atoms with Crippen LogP contribution in [0.4, 0.5) is 0 Å². The zero-order valence-electron chi connectivity index (χ0n) is 13.7. The first-order valence-corrected chi connectivity index (χ1v) is 8.17. The molecule has 6 heteroatoms. The maximum atomic E-state index is 9.45. The Morgan fingerprint density at radius 2 is 2.13 bits per heavy atom. The van der Waals surface area contributed by atoms with Crippen molar-refractivity contribution in [3.63, 3.8) is 0 Å². The van der Waals surface area contributed by atoms with Gasteiger partial charge in [-0.15, -0.1) is 0 Å². The van der Waals surface area contributed by atoms with E-state index in [1.54, 1.807) is 6.20 Å². The number of aromatic nitrogens is 2.